The number of amides is 1. The van der Waals surface area contributed by atoms with Crippen LogP contribution in [-0.2, 0) is 4.79 Å². The number of hydrogen-bond donors (Lipinski definition) is 5. The maximum absolute atomic E-state index is 12.9. The average molecular weight is 458 g/mol. The van der Waals surface area contributed by atoms with Gasteiger partial charge >= 0.3 is 5.97 Å². The van der Waals surface area contributed by atoms with E-state index in [2.05, 4.69) is 10.6 Å². The number of piperidine rings is 1. The topological polar surface area (TPSA) is 132 Å². The van der Waals surface area contributed by atoms with Crippen LogP contribution in [0.2, 0.25) is 5.02 Å². The highest BCUT2D eigenvalue weighted by atomic mass is 35.5. The smallest absolute Gasteiger partial charge is 0.317 e. The number of nitrogens with one attached hydrogen (secondary N) is 3. The summed E-state index contributed by atoms with van der Waals surface area (Å²) in [5, 5.41) is 23.2. The Morgan fingerprint density at radius 2 is 1.94 bits per heavy atom. The number of carboxylic acid groups (broad SMARTS) is 1. The van der Waals surface area contributed by atoms with Gasteiger partial charge in [0, 0.05) is 34.5 Å². The van der Waals surface area contributed by atoms with Crippen molar-refractivity contribution in [2.45, 2.75) is 31.7 Å². The second kappa shape index (κ2) is 11.0. The predicted octanol–water partition coefficient (Wildman–Crippen LogP) is 3.62. The van der Waals surface area contributed by atoms with E-state index in [9.17, 15) is 9.59 Å². The van der Waals surface area contributed by atoms with Gasteiger partial charge in [-0.25, -0.2) is 0 Å². The number of carboxylic acids is 1. The van der Waals surface area contributed by atoms with Crippen LogP contribution in [0.25, 0.3) is 0 Å². The number of aliphatic carboxylic acids is 1. The van der Waals surface area contributed by atoms with Gasteiger partial charge in [0.05, 0.1) is 12.1 Å². The average Bonchev–Trinajstić information content (AvgIpc) is 2.76. The molecule has 8 nitrogen and oxygen atoms in total. The van der Waals surface area contributed by atoms with Gasteiger partial charge in [0.15, 0.2) is 0 Å². The zero-order valence-electron chi connectivity index (χ0n) is 17.7. The molecule has 3 rings (SSSR count). The van der Waals surface area contributed by atoms with Crippen molar-refractivity contribution in [1.82, 2.24) is 4.90 Å². The number of carbonyl (C=O) groups is 2. The summed E-state index contributed by atoms with van der Waals surface area (Å²) in [5.74, 6) is -1.15. The van der Waals surface area contributed by atoms with Crippen LogP contribution in [0.3, 0.4) is 0 Å². The summed E-state index contributed by atoms with van der Waals surface area (Å²) in [6.45, 7) is 1.46. The Morgan fingerprint density at radius 1 is 1.19 bits per heavy atom. The van der Waals surface area contributed by atoms with Crippen molar-refractivity contribution < 1.29 is 14.7 Å². The standard InChI is InChI=1S/C23H28ClN5O3/c24-16-6-9-20(27-11-10-18-3-1-2-12-29(18)14-21(30)31)19(13-16)23(32)28-17-7-4-15(5-8-17)22(25)26/h4-9,13,18,27H,1-3,10-12,14H2,(H3,25,26)(H,28,32)(H,30,31). The number of amidine groups is 1. The first-order valence-electron chi connectivity index (χ1n) is 10.6. The molecule has 1 amide bonds. The summed E-state index contributed by atoms with van der Waals surface area (Å²) in [5.41, 5.74) is 7.70. The zero-order chi connectivity index (χ0) is 23.1. The van der Waals surface area contributed by atoms with Gasteiger partial charge in [0.25, 0.3) is 5.91 Å². The normalized spacial score (nSPS) is 16.3. The fraction of sp³-hybridized carbons (Fsp3) is 0.348. The minimum absolute atomic E-state index is 0.0379. The first-order valence-corrected chi connectivity index (χ1v) is 11.0. The lowest BCUT2D eigenvalue weighted by Gasteiger charge is -2.34. The van der Waals surface area contributed by atoms with Crippen molar-refractivity contribution in [3.63, 3.8) is 0 Å². The van der Waals surface area contributed by atoms with E-state index in [-0.39, 0.29) is 24.3 Å². The number of carbonyl (C=O) groups excluding carboxylic acids is 1. The second-order valence-electron chi connectivity index (χ2n) is 7.86. The van der Waals surface area contributed by atoms with Gasteiger partial charge in [-0.3, -0.25) is 19.9 Å². The van der Waals surface area contributed by atoms with E-state index in [1.807, 2.05) is 4.90 Å². The summed E-state index contributed by atoms with van der Waals surface area (Å²) in [6.07, 6.45) is 3.87. The van der Waals surface area contributed by atoms with Gasteiger partial charge in [-0.2, -0.15) is 0 Å². The molecule has 32 heavy (non-hydrogen) atoms. The molecule has 0 saturated carbocycles. The van der Waals surface area contributed by atoms with Crippen molar-refractivity contribution in [3.05, 3.63) is 58.6 Å². The lowest BCUT2D eigenvalue weighted by Crippen LogP contribution is -2.43. The lowest BCUT2D eigenvalue weighted by atomic mass is 9.99. The summed E-state index contributed by atoms with van der Waals surface area (Å²) in [6, 6.07) is 12.0. The monoisotopic (exact) mass is 457 g/mol. The summed E-state index contributed by atoms with van der Waals surface area (Å²) >= 11 is 6.14. The van der Waals surface area contributed by atoms with Gasteiger partial charge in [0.2, 0.25) is 0 Å². The van der Waals surface area contributed by atoms with E-state index >= 15 is 0 Å². The molecular formula is C23H28ClN5O3. The Labute approximate surface area is 192 Å². The molecule has 1 unspecified atom stereocenters. The highest BCUT2D eigenvalue weighted by Gasteiger charge is 2.24. The third-order valence-corrected chi connectivity index (χ3v) is 5.80. The SMILES string of the molecule is N=C(N)c1ccc(NC(=O)c2cc(Cl)ccc2NCCC2CCCCN2CC(=O)O)cc1. The molecule has 2 aromatic carbocycles. The summed E-state index contributed by atoms with van der Waals surface area (Å²) < 4.78 is 0. The molecule has 170 valence electrons. The fourth-order valence-corrected chi connectivity index (χ4v) is 4.10. The lowest BCUT2D eigenvalue weighted by molar-refractivity contribution is -0.139. The van der Waals surface area contributed by atoms with Crippen LogP contribution in [0.15, 0.2) is 42.5 Å². The molecule has 6 N–H and O–H groups in total. The highest BCUT2D eigenvalue weighted by Crippen LogP contribution is 2.24. The van der Waals surface area contributed by atoms with Gasteiger partial charge in [-0.15, -0.1) is 0 Å². The Morgan fingerprint density at radius 3 is 2.62 bits per heavy atom. The van der Waals surface area contributed by atoms with E-state index in [0.717, 1.165) is 32.2 Å². The maximum atomic E-state index is 12.9. The Bertz CT molecular complexity index is 980. The molecule has 1 aliphatic rings. The summed E-state index contributed by atoms with van der Waals surface area (Å²) in [4.78, 5) is 26.0. The number of likely N-dealkylation sites (tertiary alicyclic amines) is 1. The Balaban J connectivity index is 1.64. The number of anilines is 2. The molecule has 9 heteroatoms. The minimum Gasteiger partial charge on any atom is -0.480 e. The molecule has 0 bridgehead atoms. The highest BCUT2D eigenvalue weighted by molar-refractivity contribution is 6.31. The predicted molar refractivity (Wildman–Crippen MR) is 127 cm³/mol. The van der Waals surface area contributed by atoms with Crippen LogP contribution in [0, 0.1) is 5.41 Å². The van der Waals surface area contributed by atoms with Crippen LogP contribution in [-0.4, -0.2) is 53.4 Å². The van der Waals surface area contributed by atoms with Crippen LogP contribution in [0.5, 0.6) is 0 Å². The van der Waals surface area contributed by atoms with Gasteiger partial charge in [-0.1, -0.05) is 18.0 Å². The molecule has 0 aromatic heterocycles. The van der Waals surface area contributed by atoms with Crippen molar-refractivity contribution in [2.24, 2.45) is 5.73 Å². The van der Waals surface area contributed by atoms with Crippen molar-refractivity contribution in [2.75, 3.05) is 30.3 Å². The van der Waals surface area contributed by atoms with Gasteiger partial charge < -0.3 is 21.5 Å². The number of nitrogens with two attached hydrogens (primary N) is 1. The van der Waals surface area contributed by atoms with E-state index in [0.29, 0.717) is 34.1 Å². The Kier molecular flexibility index (Phi) is 8.08. The quantitative estimate of drug-likeness (QED) is 0.288. The van der Waals surface area contributed by atoms with Crippen molar-refractivity contribution in [1.29, 1.82) is 5.41 Å². The zero-order valence-corrected chi connectivity index (χ0v) is 18.5. The van der Waals surface area contributed by atoms with Crippen LogP contribution in [0.1, 0.15) is 41.6 Å². The molecule has 1 heterocycles. The maximum Gasteiger partial charge on any atom is 0.317 e. The number of halogens is 1. The minimum atomic E-state index is -0.808. The fourth-order valence-electron chi connectivity index (χ4n) is 3.93. The molecule has 0 radical (unpaired) electrons. The molecule has 0 spiro atoms. The first-order chi connectivity index (χ1) is 15.3. The van der Waals surface area contributed by atoms with Gasteiger partial charge in [-0.05, 0) is 68.3 Å². The molecule has 1 saturated heterocycles. The van der Waals surface area contributed by atoms with Gasteiger partial charge in [0.1, 0.15) is 5.84 Å². The van der Waals surface area contributed by atoms with E-state index in [1.54, 1.807) is 42.5 Å². The van der Waals surface area contributed by atoms with Crippen LogP contribution in [0.4, 0.5) is 11.4 Å². The number of nitrogen functional groups attached to an aromatic ring is 1. The third-order valence-electron chi connectivity index (χ3n) is 5.56. The van der Waals surface area contributed by atoms with E-state index in [1.165, 1.54) is 0 Å². The number of nitrogens with zero attached hydrogens (tertiary/aromatic N) is 1. The van der Waals surface area contributed by atoms with Crippen LogP contribution < -0.4 is 16.4 Å². The summed E-state index contributed by atoms with van der Waals surface area (Å²) in [7, 11) is 0. The molecule has 2 aromatic rings. The Hall–Kier alpha value is -3.10. The van der Waals surface area contributed by atoms with E-state index in [4.69, 9.17) is 27.9 Å². The molecular weight excluding hydrogens is 430 g/mol. The first kappa shape index (κ1) is 23.6. The molecule has 1 atom stereocenters. The number of rotatable bonds is 9. The largest absolute Gasteiger partial charge is 0.480 e. The third kappa shape index (κ3) is 6.45. The molecule has 1 fully saturated rings. The molecule has 1 aliphatic heterocycles. The number of benzene rings is 2. The van der Waals surface area contributed by atoms with E-state index < -0.39 is 5.97 Å². The second-order valence-corrected chi connectivity index (χ2v) is 8.30. The number of hydrogen-bond acceptors (Lipinski definition) is 5. The van der Waals surface area contributed by atoms with Crippen LogP contribution >= 0.6 is 11.6 Å². The van der Waals surface area contributed by atoms with Crippen molar-refractivity contribution in [3.8, 4) is 0 Å². The van der Waals surface area contributed by atoms with Crippen molar-refractivity contribution >= 4 is 40.7 Å². The molecule has 0 aliphatic carbocycles.